The number of carbonyl (C=O) groups is 1. The number of benzene rings is 4. The Bertz CT molecular complexity index is 1550. The van der Waals surface area contributed by atoms with Gasteiger partial charge in [-0.2, -0.15) is 13.2 Å². The van der Waals surface area contributed by atoms with Gasteiger partial charge in [-0.05, 0) is 60.0 Å². The van der Waals surface area contributed by atoms with Crippen molar-refractivity contribution in [3.63, 3.8) is 0 Å². The average Bonchev–Trinajstić information content (AvgIpc) is 3.29. The molecule has 0 saturated heterocycles. The van der Waals surface area contributed by atoms with Gasteiger partial charge in [0.2, 0.25) is 0 Å². The number of halogens is 3. The van der Waals surface area contributed by atoms with Crippen LogP contribution in [0.2, 0.25) is 0 Å². The van der Waals surface area contributed by atoms with Gasteiger partial charge in [0, 0.05) is 18.7 Å². The zero-order valence-corrected chi connectivity index (χ0v) is 21.0. The highest BCUT2D eigenvalue weighted by Crippen LogP contribution is 2.29. The van der Waals surface area contributed by atoms with E-state index in [0.29, 0.717) is 41.3 Å². The molecule has 1 N–H and O–H groups in total. The van der Waals surface area contributed by atoms with Crippen LogP contribution >= 0.6 is 0 Å². The topological polar surface area (TPSA) is 56.1 Å². The van der Waals surface area contributed by atoms with Crippen molar-refractivity contribution in [3.8, 4) is 5.75 Å². The van der Waals surface area contributed by atoms with Crippen molar-refractivity contribution in [2.45, 2.75) is 25.7 Å². The predicted molar refractivity (Wildman–Crippen MR) is 144 cm³/mol. The second kappa shape index (κ2) is 11.4. The summed E-state index contributed by atoms with van der Waals surface area (Å²) in [6.45, 7) is 0.947. The molecule has 39 heavy (non-hydrogen) atoms. The van der Waals surface area contributed by atoms with Gasteiger partial charge in [-0.3, -0.25) is 4.79 Å². The Morgan fingerprint density at radius 1 is 0.846 bits per heavy atom. The first kappa shape index (κ1) is 26.0. The molecule has 198 valence electrons. The Balaban J connectivity index is 1.38. The van der Waals surface area contributed by atoms with Crippen molar-refractivity contribution in [2.24, 2.45) is 0 Å². The third-order valence-electron chi connectivity index (χ3n) is 6.36. The molecule has 0 aliphatic carbocycles. The molecule has 0 atom stereocenters. The lowest BCUT2D eigenvalue weighted by Gasteiger charge is -2.12. The van der Waals surface area contributed by atoms with Gasteiger partial charge < -0.3 is 14.6 Å². The maximum atomic E-state index is 13.0. The number of amides is 1. The minimum Gasteiger partial charge on any atom is -0.486 e. The third-order valence-corrected chi connectivity index (χ3v) is 6.36. The van der Waals surface area contributed by atoms with Gasteiger partial charge in [0.15, 0.2) is 0 Å². The molecular formula is C31H26F3N3O2. The minimum atomic E-state index is -4.40. The SMILES string of the molecule is O=C(NCCc1ccccc1)c1ccc2c(c1)nc(COc1ccccc1)n2Cc1ccc(C(F)(F)F)cc1. The second-order valence-corrected chi connectivity index (χ2v) is 9.11. The fourth-order valence-electron chi connectivity index (χ4n) is 4.32. The molecule has 5 rings (SSSR count). The normalized spacial score (nSPS) is 11.5. The molecule has 5 aromatic rings. The quantitative estimate of drug-likeness (QED) is 0.233. The van der Waals surface area contributed by atoms with E-state index >= 15 is 0 Å². The summed E-state index contributed by atoms with van der Waals surface area (Å²) in [5, 5.41) is 2.95. The molecule has 4 aromatic carbocycles. The van der Waals surface area contributed by atoms with E-state index in [2.05, 4.69) is 5.32 Å². The molecule has 0 bridgehead atoms. The maximum Gasteiger partial charge on any atom is 0.416 e. The van der Waals surface area contributed by atoms with Gasteiger partial charge in [-0.1, -0.05) is 60.7 Å². The summed E-state index contributed by atoms with van der Waals surface area (Å²) >= 11 is 0. The van der Waals surface area contributed by atoms with Crippen molar-refractivity contribution >= 4 is 16.9 Å². The third kappa shape index (κ3) is 6.46. The standard InChI is InChI=1S/C31H26F3N3O2/c32-31(33,34)25-14-11-23(12-15-25)20-37-28-16-13-24(30(38)35-18-17-22-7-3-1-4-8-22)19-27(28)36-29(37)21-39-26-9-5-2-6-10-26/h1-16,19H,17-18,20-21H2,(H,35,38). The zero-order valence-electron chi connectivity index (χ0n) is 21.0. The van der Waals surface area contributed by atoms with Gasteiger partial charge in [-0.15, -0.1) is 0 Å². The van der Waals surface area contributed by atoms with E-state index in [9.17, 15) is 18.0 Å². The maximum absolute atomic E-state index is 13.0. The number of carbonyl (C=O) groups excluding carboxylic acids is 1. The summed E-state index contributed by atoms with van der Waals surface area (Å²) < 4.78 is 46.9. The van der Waals surface area contributed by atoms with E-state index in [1.165, 1.54) is 12.1 Å². The molecule has 1 heterocycles. The molecule has 0 aliphatic heterocycles. The number of hydrogen-bond acceptors (Lipinski definition) is 3. The molecule has 1 amide bonds. The van der Waals surface area contributed by atoms with E-state index in [0.717, 1.165) is 29.6 Å². The summed E-state index contributed by atoms with van der Waals surface area (Å²) in [7, 11) is 0. The molecule has 0 radical (unpaired) electrons. The first-order valence-electron chi connectivity index (χ1n) is 12.5. The van der Waals surface area contributed by atoms with Crippen LogP contribution in [0.15, 0.2) is 103 Å². The number of nitrogens with one attached hydrogen (secondary N) is 1. The summed E-state index contributed by atoms with van der Waals surface area (Å²) in [5.41, 5.74) is 2.96. The fourth-order valence-corrected chi connectivity index (χ4v) is 4.32. The molecular weight excluding hydrogens is 503 g/mol. The molecule has 0 fully saturated rings. The van der Waals surface area contributed by atoms with Crippen LogP contribution in [-0.4, -0.2) is 22.0 Å². The Morgan fingerprint density at radius 2 is 1.54 bits per heavy atom. The average molecular weight is 530 g/mol. The number of nitrogens with zero attached hydrogens (tertiary/aromatic N) is 2. The van der Waals surface area contributed by atoms with Crippen LogP contribution in [0, 0.1) is 0 Å². The summed E-state index contributed by atoms with van der Waals surface area (Å²) in [5.74, 6) is 1.06. The fraction of sp³-hybridized carbons (Fsp3) is 0.161. The highest BCUT2D eigenvalue weighted by atomic mass is 19.4. The van der Waals surface area contributed by atoms with Crippen LogP contribution in [0.3, 0.4) is 0 Å². The van der Waals surface area contributed by atoms with Gasteiger partial charge >= 0.3 is 6.18 Å². The van der Waals surface area contributed by atoms with E-state index in [-0.39, 0.29) is 12.5 Å². The highest BCUT2D eigenvalue weighted by molar-refractivity contribution is 5.97. The van der Waals surface area contributed by atoms with Crippen LogP contribution in [0.4, 0.5) is 13.2 Å². The minimum absolute atomic E-state index is 0.151. The number of hydrogen-bond donors (Lipinski definition) is 1. The molecule has 1 aromatic heterocycles. The number of ether oxygens (including phenoxy) is 1. The lowest BCUT2D eigenvalue weighted by atomic mass is 10.1. The number of aromatic nitrogens is 2. The first-order chi connectivity index (χ1) is 18.9. The Labute approximate surface area is 223 Å². The Hall–Kier alpha value is -4.59. The van der Waals surface area contributed by atoms with Crippen molar-refractivity contribution in [3.05, 3.63) is 131 Å². The molecule has 8 heteroatoms. The first-order valence-corrected chi connectivity index (χ1v) is 12.5. The van der Waals surface area contributed by atoms with Crippen molar-refractivity contribution < 1.29 is 22.7 Å². The number of imidazole rings is 1. The highest BCUT2D eigenvalue weighted by Gasteiger charge is 2.30. The summed E-state index contributed by atoms with van der Waals surface area (Å²) in [6.07, 6.45) is -3.68. The van der Waals surface area contributed by atoms with E-state index in [4.69, 9.17) is 9.72 Å². The molecule has 0 spiro atoms. The number of fused-ring (bicyclic) bond motifs is 1. The zero-order chi connectivity index (χ0) is 27.2. The molecule has 5 nitrogen and oxygen atoms in total. The molecule has 0 saturated carbocycles. The monoisotopic (exact) mass is 529 g/mol. The van der Waals surface area contributed by atoms with Crippen molar-refractivity contribution in [1.29, 1.82) is 0 Å². The van der Waals surface area contributed by atoms with E-state index in [1.807, 2.05) is 71.3 Å². The van der Waals surface area contributed by atoms with E-state index in [1.54, 1.807) is 12.1 Å². The summed E-state index contributed by atoms with van der Waals surface area (Å²) in [4.78, 5) is 17.6. The predicted octanol–water partition coefficient (Wildman–Crippen LogP) is 6.65. The van der Waals surface area contributed by atoms with Crippen LogP contribution in [0.5, 0.6) is 5.75 Å². The van der Waals surface area contributed by atoms with Crippen LogP contribution in [0.1, 0.15) is 32.9 Å². The van der Waals surface area contributed by atoms with Crippen LogP contribution in [0.25, 0.3) is 11.0 Å². The lowest BCUT2D eigenvalue weighted by Crippen LogP contribution is -2.25. The summed E-state index contributed by atoms with van der Waals surface area (Å²) in [6, 6.07) is 29.5. The molecule has 0 unspecified atom stereocenters. The lowest BCUT2D eigenvalue weighted by molar-refractivity contribution is -0.137. The Kier molecular flexibility index (Phi) is 7.63. The van der Waals surface area contributed by atoms with Crippen molar-refractivity contribution in [1.82, 2.24) is 14.9 Å². The largest absolute Gasteiger partial charge is 0.486 e. The van der Waals surface area contributed by atoms with Gasteiger partial charge in [-0.25, -0.2) is 4.98 Å². The second-order valence-electron chi connectivity index (χ2n) is 9.11. The smallest absolute Gasteiger partial charge is 0.416 e. The number of rotatable bonds is 9. The number of alkyl halides is 3. The molecule has 0 aliphatic rings. The number of para-hydroxylation sites is 1. The van der Waals surface area contributed by atoms with Crippen LogP contribution in [-0.2, 0) is 25.7 Å². The van der Waals surface area contributed by atoms with Crippen LogP contribution < -0.4 is 10.1 Å². The van der Waals surface area contributed by atoms with Gasteiger partial charge in [0.05, 0.1) is 16.6 Å². The van der Waals surface area contributed by atoms with Gasteiger partial charge in [0.25, 0.3) is 5.91 Å². The Morgan fingerprint density at radius 3 is 2.23 bits per heavy atom. The van der Waals surface area contributed by atoms with Crippen molar-refractivity contribution in [2.75, 3.05) is 6.54 Å². The van der Waals surface area contributed by atoms with E-state index < -0.39 is 11.7 Å². The van der Waals surface area contributed by atoms with Gasteiger partial charge in [0.1, 0.15) is 18.2 Å².